The predicted octanol–water partition coefficient (Wildman–Crippen LogP) is 21.1. The number of hydrogen-bond donors (Lipinski definition) is 0. The monoisotopic (exact) mass is 905 g/mol. The first kappa shape index (κ1) is 65.0. The zero-order chi connectivity index (χ0) is 47.1. The second kappa shape index (κ2) is 58.1. The van der Waals surface area contributed by atoms with E-state index in [1.54, 1.807) is 0 Å². The van der Waals surface area contributed by atoms with Crippen LogP contribution in [0, 0.1) is 11.8 Å². The Morgan fingerprint density at radius 2 is 0.594 bits per heavy atom. The summed E-state index contributed by atoms with van der Waals surface area (Å²) in [4.78, 5) is 23.7. The van der Waals surface area contributed by atoms with Crippen molar-refractivity contribution in [3.05, 3.63) is 0 Å². The molecule has 0 spiro atoms. The van der Waals surface area contributed by atoms with Crippen LogP contribution < -0.4 is 0 Å². The van der Waals surface area contributed by atoms with Crippen LogP contribution in [-0.4, -0.2) is 25.2 Å². The maximum Gasteiger partial charge on any atom is 0.305 e. The highest BCUT2D eigenvalue weighted by atomic mass is 16.5. The summed E-state index contributed by atoms with van der Waals surface area (Å²) >= 11 is 0. The second-order valence-corrected chi connectivity index (χ2v) is 20.8. The summed E-state index contributed by atoms with van der Waals surface area (Å²) in [7, 11) is 0. The van der Waals surface area contributed by atoms with Crippen LogP contribution in [0.3, 0.4) is 0 Å². The molecule has 384 valence electrons. The largest absolute Gasteiger partial charge is 0.466 e. The van der Waals surface area contributed by atoms with Crippen molar-refractivity contribution >= 4 is 11.9 Å². The van der Waals surface area contributed by atoms with E-state index >= 15 is 0 Å². The minimum atomic E-state index is 0.0182. The van der Waals surface area contributed by atoms with Crippen molar-refractivity contribution in [2.45, 2.75) is 350 Å². The summed E-state index contributed by atoms with van der Waals surface area (Å²) in [6, 6.07) is 0. The lowest BCUT2D eigenvalue weighted by Gasteiger charge is -2.14. The molecule has 4 heteroatoms. The molecule has 0 aliphatic heterocycles. The van der Waals surface area contributed by atoms with Gasteiger partial charge in [0.1, 0.15) is 0 Å². The van der Waals surface area contributed by atoms with Gasteiger partial charge >= 0.3 is 11.9 Å². The van der Waals surface area contributed by atoms with E-state index in [0.29, 0.717) is 32.0 Å². The lowest BCUT2D eigenvalue weighted by Crippen LogP contribution is -2.13. The molecule has 4 nitrogen and oxygen atoms in total. The maximum absolute atomic E-state index is 11.9. The Bertz CT molecular complexity index is 870. The highest BCUT2D eigenvalue weighted by Gasteiger charge is 2.10. The molecule has 0 N–H and O–H groups in total. The molecule has 0 rings (SSSR count). The molecule has 0 saturated carbocycles. The van der Waals surface area contributed by atoms with Crippen molar-refractivity contribution in [1.29, 1.82) is 0 Å². The van der Waals surface area contributed by atoms with Gasteiger partial charge in [-0.1, -0.05) is 311 Å². The Hall–Kier alpha value is -1.06. The van der Waals surface area contributed by atoms with Crippen molar-refractivity contribution in [3.8, 4) is 0 Å². The summed E-state index contributed by atoms with van der Waals surface area (Å²) in [5.74, 6) is 1.48. The number of unbranched alkanes of at least 4 members (excludes halogenated alkanes) is 39. The molecule has 0 aromatic carbocycles. The van der Waals surface area contributed by atoms with Gasteiger partial charge in [-0.2, -0.15) is 0 Å². The van der Waals surface area contributed by atoms with Crippen LogP contribution in [0.5, 0.6) is 0 Å². The van der Waals surface area contributed by atoms with Gasteiger partial charge in [0.2, 0.25) is 0 Å². The second-order valence-electron chi connectivity index (χ2n) is 20.8. The molecule has 0 radical (unpaired) electrons. The van der Waals surface area contributed by atoms with Crippen LogP contribution in [0.4, 0.5) is 0 Å². The first-order chi connectivity index (χ1) is 31.4. The Balaban J connectivity index is 0. The SMILES string of the molecule is CCCCCCCCCCCCCCCC(=O)OCCCCCCCCCCCCCCCC(C)C.CCCCCCCCCCCCCCCCCC(=O)OCC(CC)CCCC. The Kier molecular flexibility index (Phi) is 59.0. The topological polar surface area (TPSA) is 52.6 Å². The predicted molar refractivity (Wildman–Crippen MR) is 285 cm³/mol. The van der Waals surface area contributed by atoms with E-state index < -0.39 is 0 Å². The van der Waals surface area contributed by atoms with Crippen molar-refractivity contribution in [1.82, 2.24) is 0 Å². The van der Waals surface area contributed by atoms with Crippen LogP contribution in [0.1, 0.15) is 350 Å². The van der Waals surface area contributed by atoms with Crippen LogP contribution in [0.25, 0.3) is 0 Å². The smallest absolute Gasteiger partial charge is 0.305 e. The van der Waals surface area contributed by atoms with Gasteiger partial charge in [-0.15, -0.1) is 0 Å². The fourth-order valence-electron chi connectivity index (χ4n) is 8.97. The quantitative estimate of drug-likeness (QED) is 0.0451. The molecular weight excluding hydrogens is 785 g/mol. The van der Waals surface area contributed by atoms with Crippen molar-refractivity contribution in [3.63, 3.8) is 0 Å². The van der Waals surface area contributed by atoms with Gasteiger partial charge in [-0.05, 0) is 37.5 Å². The molecule has 64 heavy (non-hydrogen) atoms. The number of carbonyl (C=O) groups is 2. The highest BCUT2D eigenvalue weighted by Crippen LogP contribution is 2.18. The summed E-state index contributed by atoms with van der Waals surface area (Å²) in [5.41, 5.74) is 0. The normalized spacial score (nSPS) is 11.8. The van der Waals surface area contributed by atoms with Gasteiger partial charge in [-0.3, -0.25) is 9.59 Å². The van der Waals surface area contributed by atoms with E-state index in [2.05, 4.69) is 41.5 Å². The van der Waals surface area contributed by atoms with Crippen LogP contribution in [0.2, 0.25) is 0 Å². The molecule has 0 aromatic heterocycles. The van der Waals surface area contributed by atoms with Gasteiger partial charge in [-0.25, -0.2) is 0 Å². The third-order valence-corrected chi connectivity index (χ3v) is 13.7. The van der Waals surface area contributed by atoms with E-state index in [1.807, 2.05) is 0 Å². The Morgan fingerprint density at radius 1 is 0.312 bits per heavy atom. The molecule has 0 aliphatic carbocycles. The van der Waals surface area contributed by atoms with Crippen molar-refractivity contribution in [2.24, 2.45) is 11.8 Å². The molecule has 0 aromatic rings. The highest BCUT2D eigenvalue weighted by molar-refractivity contribution is 5.69. The first-order valence-electron chi connectivity index (χ1n) is 29.7. The van der Waals surface area contributed by atoms with Crippen LogP contribution in [-0.2, 0) is 19.1 Å². The van der Waals surface area contributed by atoms with Gasteiger partial charge in [0.25, 0.3) is 0 Å². The van der Waals surface area contributed by atoms with Crippen LogP contribution in [0.15, 0.2) is 0 Å². The maximum atomic E-state index is 11.9. The summed E-state index contributed by atoms with van der Waals surface area (Å²) in [5, 5.41) is 0. The fourth-order valence-corrected chi connectivity index (χ4v) is 8.97. The lowest BCUT2D eigenvalue weighted by atomic mass is 10.0. The zero-order valence-corrected chi connectivity index (χ0v) is 45.1. The third kappa shape index (κ3) is 59.0. The average molecular weight is 906 g/mol. The van der Waals surface area contributed by atoms with Gasteiger partial charge in [0, 0.05) is 12.8 Å². The Labute approximate surface area is 404 Å². The molecule has 1 atom stereocenters. The summed E-state index contributed by atoms with van der Waals surface area (Å²) in [6.07, 6.45) is 63.0. The molecule has 0 aliphatic rings. The first-order valence-corrected chi connectivity index (χ1v) is 29.7. The van der Waals surface area contributed by atoms with E-state index in [9.17, 15) is 9.59 Å². The number of rotatable bonds is 52. The van der Waals surface area contributed by atoms with E-state index in [4.69, 9.17) is 9.47 Å². The zero-order valence-electron chi connectivity index (χ0n) is 45.1. The van der Waals surface area contributed by atoms with Crippen LogP contribution >= 0.6 is 0 Å². The molecular formula is C60H120O4. The van der Waals surface area contributed by atoms with E-state index in [-0.39, 0.29) is 11.9 Å². The molecule has 0 saturated heterocycles. The molecule has 0 amide bonds. The standard InChI is InChI=1S/C34H68O2.C26H52O2/c1-4-5-6-7-8-9-10-12-16-19-22-25-28-31-34(35)36-32-29-26-23-20-17-14-11-13-15-18-21-24-27-30-33(2)3;1-4-7-9-10-11-12-13-14-15-16-17-18-19-20-21-23-26(27)28-24-25(6-3)22-8-5-2/h33H,4-32H2,1-3H3;25H,4-24H2,1-3H3. The van der Waals surface area contributed by atoms with Gasteiger partial charge < -0.3 is 9.47 Å². The molecule has 0 bridgehead atoms. The molecule has 0 heterocycles. The number of carbonyl (C=O) groups excluding carboxylic acids is 2. The number of esters is 2. The summed E-state index contributed by atoms with van der Waals surface area (Å²) in [6.45, 7) is 14.9. The summed E-state index contributed by atoms with van der Waals surface area (Å²) < 4.78 is 10.9. The van der Waals surface area contributed by atoms with Gasteiger partial charge in [0.05, 0.1) is 13.2 Å². The van der Waals surface area contributed by atoms with E-state index in [0.717, 1.165) is 31.6 Å². The number of hydrogen-bond acceptors (Lipinski definition) is 4. The molecule has 1 unspecified atom stereocenters. The minimum absolute atomic E-state index is 0.0182. The fraction of sp³-hybridized carbons (Fsp3) is 0.967. The third-order valence-electron chi connectivity index (χ3n) is 13.7. The van der Waals surface area contributed by atoms with Crippen molar-refractivity contribution in [2.75, 3.05) is 13.2 Å². The van der Waals surface area contributed by atoms with E-state index in [1.165, 1.54) is 270 Å². The average Bonchev–Trinajstić information content (AvgIpc) is 3.29. The number of ether oxygens (including phenoxy) is 2. The minimum Gasteiger partial charge on any atom is -0.466 e. The Morgan fingerprint density at radius 3 is 0.906 bits per heavy atom. The van der Waals surface area contributed by atoms with Gasteiger partial charge in [0.15, 0.2) is 0 Å². The van der Waals surface area contributed by atoms with Crippen molar-refractivity contribution < 1.29 is 19.1 Å². The molecule has 0 fully saturated rings. The lowest BCUT2D eigenvalue weighted by molar-refractivity contribution is -0.145.